The van der Waals surface area contributed by atoms with Gasteiger partial charge in [0.2, 0.25) is 0 Å². The summed E-state index contributed by atoms with van der Waals surface area (Å²) >= 11 is 0. The zero-order valence-electron chi connectivity index (χ0n) is 11.6. The Hall–Kier alpha value is -1.06. The van der Waals surface area contributed by atoms with Crippen LogP contribution in [0.2, 0.25) is 0 Å². The number of likely N-dealkylation sites (N-methyl/N-ethyl adjacent to an activating group) is 1. The minimum Gasteiger partial charge on any atom is -0.388 e. The molecule has 0 bridgehead atoms. The van der Waals surface area contributed by atoms with E-state index in [1.54, 1.807) is 0 Å². The summed E-state index contributed by atoms with van der Waals surface area (Å²) in [7, 11) is 0. The van der Waals surface area contributed by atoms with Crippen molar-refractivity contribution in [3.05, 3.63) is 29.8 Å². The van der Waals surface area contributed by atoms with Gasteiger partial charge in [-0.05, 0) is 51.4 Å². The van der Waals surface area contributed by atoms with Gasteiger partial charge in [-0.3, -0.25) is 0 Å². The highest BCUT2D eigenvalue weighted by Crippen LogP contribution is 2.27. The monoisotopic (exact) mass is 248 g/mol. The van der Waals surface area contributed by atoms with Crippen LogP contribution in [0, 0.1) is 6.92 Å². The number of anilines is 1. The number of rotatable bonds is 3. The highest BCUT2D eigenvalue weighted by atomic mass is 16.3. The number of piperidine rings is 1. The molecular formula is C15H24N2O. The van der Waals surface area contributed by atoms with Crippen molar-refractivity contribution in [2.24, 2.45) is 0 Å². The van der Waals surface area contributed by atoms with Gasteiger partial charge in [-0.15, -0.1) is 0 Å². The summed E-state index contributed by atoms with van der Waals surface area (Å²) in [5, 5.41) is 14.0. The molecule has 3 nitrogen and oxygen atoms in total. The van der Waals surface area contributed by atoms with Gasteiger partial charge in [0.15, 0.2) is 0 Å². The van der Waals surface area contributed by atoms with Crippen LogP contribution in [-0.4, -0.2) is 36.4 Å². The van der Waals surface area contributed by atoms with Crippen LogP contribution in [0.1, 0.15) is 25.8 Å². The average Bonchev–Trinajstić information content (AvgIpc) is 2.32. The topological polar surface area (TPSA) is 35.5 Å². The van der Waals surface area contributed by atoms with E-state index < -0.39 is 5.60 Å². The summed E-state index contributed by atoms with van der Waals surface area (Å²) in [6, 6.07) is 8.64. The van der Waals surface area contributed by atoms with Crippen molar-refractivity contribution in [1.82, 2.24) is 5.32 Å². The number of nitrogens with zero attached hydrogens (tertiary/aromatic N) is 1. The first-order chi connectivity index (χ1) is 8.54. The molecule has 0 amide bonds. The van der Waals surface area contributed by atoms with E-state index in [1.807, 2.05) is 6.92 Å². The minimum absolute atomic E-state index is 0.137. The molecule has 1 aromatic carbocycles. The van der Waals surface area contributed by atoms with E-state index in [4.69, 9.17) is 0 Å². The highest BCUT2D eigenvalue weighted by molar-refractivity contribution is 5.50. The Bertz CT molecular complexity index is 403. The lowest BCUT2D eigenvalue weighted by atomic mass is 9.88. The van der Waals surface area contributed by atoms with E-state index in [0.717, 1.165) is 26.1 Å². The molecule has 18 heavy (non-hydrogen) atoms. The maximum absolute atomic E-state index is 10.6. The maximum Gasteiger partial charge on any atom is 0.0846 e. The molecule has 0 radical (unpaired) electrons. The van der Waals surface area contributed by atoms with Gasteiger partial charge < -0.3 is 15.3 Å². The number of aryl methyl sites for hydroxylation is 1. The predicted molar refractivity (Wildman–Crippen MR) is 76.1 cm³/mol. The summed E-state index contributed by atoms with van der Waals surface area (Å²) in [4.78, 5) is 2.30. The standard InChI is InChI=1S/C15H24N2O/c1-4-17(13-7-5-6-12(2)10-13)14-11-16-9-8-15(14,3)18/h5-7,10,14,16,18H,4,8-9,11H2,1-3H3. The van der Waals surface area contributed by atoms with Gasteiger partial charge in [0.1, 0.15) is 0 Å². The number of benzene rings is 1. The van der Waals surface area contributed by atoms with Gasteiger partial charge in [0.05, 0.1) is 11.6 Å². The smallest absolute Gasteiger partial charge is 0.0846 e. The molecule has 2 atom stereocenters. The summed E-state index contributed by atoms with van der Waals surface area (Å²) in [6.07, 6.45) is 0.806. The molecular weight excluding hydrogens is 224 g/mol. The van der Waals surface area contributed by atoms with Crippen LogP contribution in [-0.2, 0) is 0 Å². The molecule has 3 heteroatoms. The van der Waals surface area contributed by atoms with Crippen LogP contribution in [0.15, 0.2) is 24.3 Å². The second kappa shape index (κ2) is 5.29. The predicted octanol–water partition coefficient (Wildman–Crippen LogP) is 1.93. The van der Waals surface area contributed by atoms with E-state index in [-0.39, 0.29) is 6.04 Å². The van der Waals surface area contributed by atoms with Gasteiger partial charge in [-0.2, -0.15) is 0 Å². The molecule has 2 unspecified atom stereocenters. The molecule has 1 saturated heterocycles. The Morgan fingerprint density at radius 2 is 2.28 bits per heavy atom. The quantitative estimate of drug-likeness (QED) is 0.858. The van der Waals surface area contributed by atoms with Crippen molar-refractivity contribution < 1.29 is 5.11 Å². The third-order valence-electron chi connectivity index (χ3n) is 3.91. The molecule has 1 aliphatic rings. The molecule has 0 aliphatic carbocycles. The number of aliphatic hydroxyl groups is 1. The Balaban J connectivity index is 2.27. The Labute approximate surface area is 110 Å². The Kier molecular flexibility index (Phi) is 3.93. The second-order valence-corrected chi connectivity index (χ2v) is 5.45. The lowest BCUT2D eigenvalue weighted by Gasteiger charge is -2.45. The van der Waals surface area contributed by atoms with Crippen molar-refractivity contribution in [2.75, 3.05) is 24.5 Å². The first-order valence-electron chi connectivity index (χ1n) is 6.81. The molecule has 1 fully saturated rings. The molecule has 0 spiro atoms. The van der Waals surface area contributed by atoms with Crippen molar-refractivity contribution in [3.8, 4) is 0 Å². The van der Waals surface area contributed by atoms with E-state index in [0.29, 0.717) is 0 Å². The van der Waals surface area contributed by atoms with E-state index in [2.05, 4.69) is 48.3 Å². The number of hydrogen-bond donors (Lipinski definition) is 2. The molecule has 100 valence electrons. The fourth-order valence-corrected chi connectivity index (χ4v) is 2.80. The summed E-state index contributed by atoms with van der Waals surface area (Å²) in [5.41, 5.74) is 1.84. The van der Waals surface area contributed by atoms with Crippen molar-refractivity contribution in [2.45, 2.75) is 38.8 Å². The van der Waals surface area contributed by atoms with Crippen LogP contribution in [0.5, 0.6) is 0 Å². The van der Waals surface area contributed by atoms with Gasteiger partial charge >= 0.3 is 0 Å². The van der Waals surface area contributed by atoms with Gasteiger partial charge in [0.25, 0.3) is 0 Å². The lowest BCUT2D eigenvalue weighted by Crippen LogP contribution is -2.60. The van der Waals surface area contributed by atoms with Gasteiger partial charge in [0, 0.05) is 18.8 Å². The van der Waals surface area contributed by atoms with E-state index >= 15 is 0 Å². The van der Waals surface area contributed by atoms with Crippen LogP contribution in [0.4, 0.5) is 5.69 Å². The SMILES string of the molecule is CCN(c1cccc(C)c1)C1CNCCC1(C)O. The van der Waals surface area contributed by atoms with Gasteiger partial charge in [-0.25, -0.2) is 0 Å². The first-order valence-corrected chi connectivity index (χ1v) is 6.81. The van der Waals surface area contributed by atoms with Crippen LogP contribution < -0.4 is 10.2 Å². The molecule has 2 rings (SSSR count). The molecule has 2 N–H and O–H groups in total. The average molecular weight is 248 g/mol. The van der Waals surface area contributed by atoms with Crippen LogP contribution in [0.3, 0.4) is 0 Å². The summed E-state index contributed by atoms with van der Waals surface area (Å²) in [6.45, 7) is 8.86. The minimum atomic E-state index is -0.620. The molecule has 1 heterocycles. The maximum atomic E-state index is 10.6. The number of nitrogens with one attached hydrogen (secondary N) is 1. The third kappa shape index (κ3) is 2.68. The Morgan fingerprint density at radius 3 is 2.89 bits per heavy atom. The fraction of sp³-hybridized carbons (Fsp3) is 0.600. The van der Waals surface area contributed by atoms with E-state index in [9.17, 15) is 5.11 Å². The normalized spacial score (nSPS) is 28.1. The Morgan fingerprint density at radius 1 is 1.50 bits per heavy atom. The summed E-state index contributed by atoms with van der Waals surface area (Å²) < 4.78 is 0. The van der Waals surface area contributed by atoms with Crippen LogP contribution in [0.25, 0.3) is 0 Å². The van der Waals surface area contributed by atoms with Gasteiger partial charge in [-0.1, -0.05) is 12.1 Å². The lowest BCUT2D eigenvalue weighted by molar-refractivity contribution is 0.00785. The molecule has 0 aromatic heterocycles. The van der Waals surface area contributed by atoms with Crippen molar-refractivity contribution >= 4 is 5.69 Å². The van der Waals surface area contributed by atoms with E-state index in [1.165, 1.54) is 11.3 Å². The zero-order valence-corrected chi connectivity index (χ0v) is 11.6. The molecule has 1 aromatic rings. The summed E-state index contributed by atoms with van der Waals surface area (Å²) in [5.74, 6) is 0. The van der Waals surface area contributed by atoms with Crippen molar-refractivity contribution in [3.63, 3.8) is 0 Å². The van der Waals surface area contributed by atoms with Crippen LogP contribution >= 0.6 is 0 Å². The fourth-order valence-electron chi connectivity index (χ4n) is 2.80. The van der Waals surface area contributed by atoms with Crippen molar-refractivity contribution in [1.29, 1.82) is 0 Å². The molecule has 0 saturated carbocycles. The number of hydrogen-bond acceptors (Lipinski definition) is 3. The third-order valence-corrected chi connectivity index (χ3v) is 3.91. The first kappa shape index (κ1) is 13.4. The second-order valence-electron chi connectivity index (χ2n) is 5.45. The molecule has 1 aliphatic heterocycles. The highest BCUT2D eigenvalue weighted by Gasteiger charge is 2.38. The zero-order chi connectivity index (χ0) is 13.2. The largest absolute Gasteiger partial charge is 0.388 e.